The first-order chi connectivity index (χ1) is 10.1. The molecule has 0 fully saturated rings. The van der Waals surface area contributed by atoms with Gasteiger partial charge in [0.1, 0.15) is 0 Å². The summed E-state index contributed by atoms with van der Waals surface area (Å²) in [6.45, 7) is 2.31. The maximum atomic E-state index is 11.9. The molecule has 0 saturated carbocycles. The van der Waals surface area contributed by atoms with Gasteiger partial charge in [0.25, 0.3) is 0 Å². The highest BCUT2D eigenvalue weighted by Gasteiger charge is 2.23. The molecule has 0 radical (unpaired) electrons. The zero-order valence-electron chi connectivity index (χ0n) is 11.7. The smallest absolute Gasteiger partial charge is 0.245 e. The van der Waals surface area contributed by atoms with E-state index < -0.39 is 17.6 Å². The van der Waals surface area contributed by atoms with E-state index in [1.54, 1.807) is 30.3 Å². The monoisotopic (exact) mass is 281 g/mol. The fourth-order valence-corrected chi connectivity index (χ4v) is 1.59. The molecular weight excluding hydrogens is 266 g/mol. The van der Waals surface area contributed by atoms with Crippen molar-refractivity contribution in [3.8, 4) is 12.1 Å². The van der Waals surface area contributed by atoms with E-state index in [1.165, 1.54) is 12.2 Å². The third-order valence-electron chi connectivity index (χ3n) is 2.68. The number of nitrogens with zero attached hydrogens (tertiary/aromatic N) is 2. The van der Waals surface area contributed by atoms with Crippen molar-refractivity contribution in [1.82, 2.24) is 5.32 Å². The summed E-state index contributed by atoms with van der Waals surface area (Å²) in [7, 11) is 0. The average Bonchev–Trinajstić information content (AvgIpc) is 2.51. The maximum Gasteiger partial charge on any atom is 0.245 e. The number of amides is 1. The second kappa shape index (κ2) is 8.29. The van der Waals surface area contributed by atoms with Gasteiger partial charge in [-0.3, -0.25) is 9.59 Å². The fraction of sp³-hybridized carbons (Fsp3) is 0.250. The van der Waals surface area contributed by atoms with Crippen LogP contribution in [0.2, 0.25) is 0 Å². The Labute approximate surface area is 123 Å². The Morgan fingerprint density at radius 2 is 2.14 bits per heavy atom. The minimum Gasteiger partial charge on any atom is -0.355 e. The van der Waals surface area contributed by atoms with Gasteiger partial charge in [0.2, 0.25) is 5.91 Å². The number of hydrogen-bond acceptors (Lipinski definition) is 4. The van der Waals surface area contributed by atoms with Crippen LogP contribution in [0.15, 0.2) is 30.3 Å². The second-order valence-corrected chi connectivity index (χ2v) is 4.33. The van der Waals surface area contributed by atoms with Gasteiger partial charge in [-0.25, -0.2) is 0 Å². The molecule has 5 nitrogen and oxygen atoms in total. The Bertz CT molecular complexity index is 636. The molecule has 0 aliphatic rings. The van der Waals surface area contributed by atoms with Crippen LogP contribution in [-0.2, 0) is 9.59 Å². The lowest BCUT2D eigenvalue weighted by Gasteiger charge is -2.06. The molecule has 21 heavy (non-hydrogen) atoms. The van der Waals surface area contributed by atoms with E-state index >= 15 is 0 Å². The van der Waals surface area contributed by atoms with Crippen LogP contribution in [0.1, 0.15) is 24.5 Å². The topological polar surface area (TPSA) is 93.8 Å². The van der Waals surface area contributed by atoms with Crippen molar-refractivity contribution in [3.63, 3.8) is 0 Å². The SMILES string of the molecule is CCCNC(=O)C(C#N)C(=O)C=Cc1cccc(C#N)c1. The maximum absolute atomic E-state index is 11.9. The lowest BCUT2D eigenvalue weighted by molar-refractivity contribution is -0.129. The van der Waals surface area contributed by atoms with Crippen LogP contribution in [0, 0.1) is 28.6 Å². The standard InChI is InChI=1S/C16H15N3O2/c1-2-8-19-16(21)14(11-18)15(20)7-6-12-4-3-5-13(9-12)10-17/h3-7,9,14H,2,8H2,1H3,(H,19,21). The Hall–Kier alpha value is -2.92. The highest BCUT2D eigenvalue weighted by molar-refractivity contribution is 6.10. The molecule has 1 rings (SSSR count). The van der Waals surface area contributed by atoms with Crippen molar-refractivity contribution >= 4 is 17.8 Å². The molecule has 1 unspecified atom stereocenters. The molecule has 106 valence electrons. The van der Waals surface area contributed by atoms with Crippen LogP contribution in [0.4, 0.5) is 0 Å². The van der Waals surface area contributed by atoms with Gasteiger partial charge in [-0.15, -0.1) is 0 Å². The molecule has 5 heteroatoms. The van der Waals surface area contributed by atoms with Crippen LogP contribution >= 0.6 is 0 Å². The Balaban J connectivity index is 2.78. The molecule has 0 spiro atoms. The molecule has 0 aliphatic carbocycles. The molecule has 1 amide bonds. The first-order valence-corrected chi connectivity index (χ1v) is 6.51. The van der Waals surface area contributed by atoms with E-state index in [9.17, 15) is 9.59 Å². The van der Waals surface area contributed by atoms with Gasteiger partial charge in [-0.05, 0) is 30.2 Å². The molecule has 0 saturated heterocycles. The van der Waals surface area contributed by atoms with Crippen molar-refractivity contribution in [3.05, 3.63) is 41.5 Å². The predicted octanol–water partition coefficient (Wildman–Crippen LogP) is 1.81. The quantitative estimate of drug-likeness (QED) is 0.635. The molecule has 0 aromatic heterocycles. The first kappa shape index (κ1) is 16.1. The largest absolute Gasteiger partial charge is 0.355 e. The molecule has 1 N–H and O–H groups in total. The molecule has 1 atom stereocenters. The van der Waals surface area contributed by atoms with Crippen molar-refractivity contribution in [2.75, 3.05) is 6.54 Å². The number of nitrogens with one attached hydrogen (secondary N) is 1. The third-order valence-corrected chi connectivity index (χ3v) is 2.68. The molecular formula is C16H15N3O2. The lowest BCUT2D eigenvalue weighted by Crippen LogP contribution is -2.34. The van der Waals surface area contributed by atoms with Crippen LogP contribution in [-0.4, -0.2) is 18.2 Å². The summed E-state index contributed by atoms with van der Waals surface area (Å²) in [6.07, 6.45) is 3.41. The summed E-state index contributed by atoms with van der Waals surface area (Å²) in [6, 6.07) is 10.4. The van der Waals surface area contributed by atoms with Crippen molar-refractivity contribution < 1.29 is 9.59 Å². The number of nitriles is 2. The van der Waals surface area contributed by atoms with E-state index in [4.69, 9.17) is 10.5 Å². The van der Waals surface area contributed by atoms with Gasteiger partial charge < -0.3 is 5.32 Å². The number of ketones is 1. The zero-order chi connectivity index (χ0) is 15.7. The van der Waals surface area contributed by atoms with Crippen LogP contribution in [0.3, 0.4) is 0 Å². The predicted molar refractivity (Wildman–Crippen MR) is 77.6 cm³/mol. The van der Waals surface area contributed by atoms with E-state index in [0.29, 0.717) is 17.7 Å². The molecule has 0 bridgehead atoms. The highest BCUT2D eigenvalue weighted by Crippen LogP contribution is 2.07. The highest BCUT2D eigenvalue weighted by atomic mass is 16.2. The van der Waals surface area contributed by atoms with Gasteiger partial charge in [-0.1, -0.05) is 25.1 Å². The van der Waals surface area contributed by atoms with Crippen molar-refractivity contribution in [1.29, 1.82) is 10.5 Å². The summed E-state index contributed by atoms with van der Waals surface area (Å²) in [5.74, 6) is -2.50. The number of rotatable bonds is 6. The minimum absolute atomic E-state index is 0.429. The number of carbonyl (C=O) groups excluding carboxylic acids is 2. The van der Waals surface area contributed by atoms with Crippen LogP contribution < -0.4 is 5.32 Å². The fourth-order valence-electron chi connectivity index (χ4n) is 1.59. The number of hydrogen-bond donors (Lipinski definition) is 1. The van der Waals surface area contributed by atoms with E-state index in [1.807, 2.05) is 13.0 Å². The van der Waals surface area contributed by atoms with E-state index in [2.05, 4.69) is 5.32 Å². The summed E-state index contributed by atoms with van der Waals surface area (Å²) >= 11 is 0. The number of allylic oxidation sites excluding steroid dienone is 1. The van der Waals surface area contributed by atoms with Gasteiger partial charge in [0, 0.05) is 6.54 Å². The molecule has 0 heterocycles. The Morgan fingerprint density at radius 3 is 2.76 bits per heavy atom. The minimum atomic E-state index is -1.34. The van der Waals surface area contributed by atoms with E-state index in [0.717, 1.165) is 6.42 Å². The van der Waals surface area contributed by atoms with Crippen molar-refractivity contribution in [2.45, 2.75) is 13.3 Å². The molecule has 1 aromatic carbocycles. The Kier molecular flexibility index (Phi) is 6.37. The van der Waals surface area contributed by atoms with Gasteiger partial charge in [0.05, 0.1) is 17.7 Å². The van der Waals surface area contributed by atoms with Gasteiger partial charge >= 0.3 is 0 Å². The van der Waals surface area contributed by atoms with Gasteiger partial charge in [-0.2, -0.15) is 10.5 Å². The average molecular weight is 281 g/mol. The summed E-state index contributed by atoms with van der Waals surface area (Å²) in [4.78, 5) is 23.5. The summed E-state index contributed by atoms with van der Waals surface area (Å²) in [5.41, 5.74) is 1.13. The normalized spacial score (nSPS) is 11.4. The first-order valence-electron chi connectivity index (χ1n) is 6.51. The van der Waals surface area contributed by atoms with Crippen LogP contribution in [0.25, 0.3) is 6.08 Å². The third kappa shape index (κ3) is 4.93. The van der Waals surface area contributed by atoms with Crippen molar-refractivity contribution in [2.24, 2.45) is 5.92 Å². The zero-order valence-corrected chi connectivity index (χ0v) is 11.7. The van der Waals surface area contributed by atoms with Crippen LogP contribution in [0.5, 0.6) is 0 Å². The molecule has 1 aromatic rings. The second-order valence-electron chi connectivity index (χ2n) is 4.33. The number of carbonyl (C=O) groups is 2. The van der Waals surface area contributed by atoms with Gasteiger partial charge in [0.15, 0.2) is 11.7 Å². The summed E-state index contributed by atoms with van der Waals surface area (Å²) < 4.78 is 0. The number of benzene rings is 1. The Morgan fingerprint density at radius 1 is 1.38 bits per heavy atom. The summed E-state index contributed by atoms with van der Waals surface area (Å²) in [5, 5.41) is 20.2. The molecule has 0 aliphatic heterocycles. The lowest BCUT2D eigenvalue weighted by atomic mass is 10.0. The van der Waals surface area contributed by atoms with E-state index in [-0.39, 0.29) is 0 Å².